The zero-order valence-corrected chi connectivity index (χ0v) is 16.7. The normalized spacial score (nSPS) is 20.3. The summed E-state index contributed by atoms with van der Waals surface area (Å²) >= 11 is 0. The lowest BCUT2D eigenvalue weighted by atomic mass is 9.86. The molecule has 1 aromatic carbocycles. The van der Waals surface area contributed by atoms with Crippen molar-refractivity contribution >= 4 is 17.8 Å². The van der Waals surface area contributed by atoms with E-state index in [9.17, 15) is 18.8 Å². The summed E-state index contributed by atoms with van der Waals surface area (Å²) in [6.45, 7) is 5.17. The molecule has 3 atom stereocenters. The van der Waals surface area contributed by atoms with Crippen LogP contribution >= 0.6 is 0 Å². The third-order valence-corrected chi connectivity index (χ3v) is 5.13. The Kier molecular flexibility index (Phi) is 7.96. The van der Waals surface area contributed by atoms with Crippen molar-refractivity contribution in [2.75, 3.05) is 6.61 Å². The van der Waals surface area contributed by atoms with Gasteiger partial charge < -0.3 is 15.4 Å². The van der Waals surface area contributed by atoms with E-state index in [-0.39, 0.29) is 23.4 Å². The highest BCUT2D eigenvalue weighted by molar-refractivity contribution is 5.97. The molecule has 2 amide bonds. The van der Waals surface area contributed by atoms with Crippen LogP contribution in [0.15, 0.2) is 24.3 Å². The molecule has 0 unspecified atom stereocenters. The molecule has 1 saturated carbocycles. The molecule has 1 aliphatic rings. The van der Waals surface area contributed by atoms with Crippen LogP contribution in [0.25, 0.3) is 0 Å². The average Bonchev–Trinajstić information content (AvgIpc) is 2.66. The first-order chi connectivity index (χ1) is 13.3. The van der Waals surface area contributed by atoms with Gasteiger partial charge in [0.15, 0.2) is 6.61 Å². The van der Waals surface area contributed by atoms with Crippen molar-refractivity contribution in [2.24, 2.45) is 11.8 Å². The molecule has 7 heteroatoms. The highest BCUT2D eigenvalue weighted by Gasteiger charge is 2.28. The Morgan fingerprint density at radius 2 is 1.86 bits per heavy atom. The number of hydrogen-bond donors (Lipinski definition) is 2. The predicted octanol–water partition coefficient (Wildman–Crippen LogP) is 2.82. The van der Waals surface area contributed by atoms with Crippen molar-refractivity contribution in [3.05, 3.63) is 35.6 Å². The van der Waals surface area contributed by atoms with Gasteiger partial charge in [-0.05, 0) is 36.8 Å². The molecule has 1 aliphatic carbocycles. The van der Waals surface area contributed by atoms with E-state index in [4.69, 9.17) is 4.74 Å². The number of esters is 1. The number of nitrogens with one attached hydrogen (secondary N) is 2. The summed E-state index contributed by atoms with van der Waals surface area (Å²) in [4.78, 5) is 36.8. The van der Waals surface area contributed by atoms with Gasteiger partial charge in [-0.1, -0.05) is 45.7 Å². The molecule has 2 rings (SSSR count). The van der Waals surface area contributed by atoms with Gasteiger partial charge in [0.1, 0.15) is 11.9 Å². The minimum atomic E-state index is -0.978. The highest BCUT2D eigenvalue weighted by atomic mass is 19.1. The summed E-state index contributed by atoms with van der Waals surface area (Å²) in [5.74, 6) is -2.32. The first kappa shape index (κ1) is 21.9. The summed E-state index contributed by atoms with van der Waals surface area (Å²) in [7, 11) is 0. The third kappa shape index (κ3) is 6.04. The molecule has 0 aliphatic heterocycles. The lowest BCUT2D eigenvalue weighted by Crippen LogP contribution is -2.47. The van der Waals surface area contributed by atoms with Crippen LogP contribution in [0.5, 0.6) is 0 Å². The van der Waals surface area contributed by atoms with E-state index < -0.39 is 30.3 Å². The molecule has 0 saturated heterocycles. The molecular formula is C21H29FN2O4. The number of amides is 2. The maximum absolute atomic E-state index is 13.8. The number of ether oxygens (including phenoxy) is 1. The van der Waals surface area contributed by atoms with E-state index in [0.29, 0.717) is 5.92 Å². The minimum absolute atomic E-state index is 0.0987. The topological polar surface area (TPSA) is 84.5 Å². The second-order valence-corrected chi connectivity index (χ2v) is 7.72. The van der Waals surface area contributed by atoms with Gasteiger partial charge in [-0.15, -0.1) is 0 Å². The lowest BCUT2D eigenvalue weighted by Gasteiger charge is -2.29. The number of rotatable bonds is 7. The molecule has 154 valence electrons. The van der Waals surface area contributed by atoms with E-state index in [2.05, 4.69) is 17.6 Å². The monoisotopic (exact) mass is 392 g/mol. The number of hydrogen-bond acceptors (Lipinski definition) is 4. The average molecular weight is 392 g/mol. The standard InChI is InChI=1S/C21H29FN2O4/c1-13(2)19(24-20(26)15-9-5-6-10-16(15)22)21(27)28-12-18(25)23-17-11-7-4-8-14(17)3/h5-6,9-10,13-14,17,19H,4,7-8,11-12H2,1-3H3,(H,23,25)(H,24,26)/t14-,17+,19+/m1/s1. The summed E-state index contributed by atoms with van der Waals surface area (Å²) in [5.41, 5.74) is -0.148. The smallest absolute Gasteiger partial charge is 0.329 e. The number of halogens is 1. The van der Waals surface area contributed by atoms with E-state index in [1.807, 2.05) is 0 Å². The van der Waals surface area contributed by atoms with Crippen LogP contribution in [0, 0.1) is 17.7 Å². The van der Waals surface area contributed by atoms with E-state index in [0.717, 1.165) is 19.3 Å². The molecule has 0 heterocycles. The Hall–Kier alpha value is -2.44. The Morgan fingerprint density at radius 1 is 1.18 bits per heavy atom. The van der Waals surface area contributed by atoms with Crippen molar-refractivity contribution in [1.82, 2.24) is 10.6 Å². The molecular weight excluding hydrogens is 363 g/mol. The van der Waals surface area contributed by atoms with Gasteiger partial charge in [0.25, 0.3) is 11.8 Å². The SMILES string of the molecule is CC(C)[C@H](NC(=O)c1ccccc1F)C(=O)OCC(=O)N[C@H]1CCCC[C@H]1C. The summed E-state index contributed by atoms with van der Waals surface area (Å²) in [6.07, 6.45) is 4.24. The first-order valence-electron chi connectivity index (χ1n) is 9.81. The van der Waals surface area contributed by atoms with Crippen LogP contribution < -0.4 is 10.6 Å². The number of benzene rings is 1. The van der Waals surface area contributed by atoms with Crippen LogP contribution in [-0.2, 0) is 14.3 Å². The molecule has 1 aromatic rings. The Bertz CT molecular complexity index is 707. The lowest BCUT2D eigenvalue weighted by molar-refractivity contribution is -0.151. The Labute approximate surface area is 165 Å². The van der Waals surface area contributed by atoms with Gasteiger partial charge in [-0.3, -0.25) is 9.59 Å². The van der Waals surface area contributed by atoms with Crippen LogP contribution in [0.4, 0.5) is 4.39 Å². The van der Waals surface area contributed by atoms with Crippen LogP contribution in [0.3, 0.4) is 0 Å². The maximum atomic E-state index is 13.8. The molecule has 2 N–H and O–H groups in total. The van der Waals surface area contributed by atoms with Crippen molar-refractivity contribution in [3.8, 4) is 0 Å². The fraction of sp³-hybridized carbons (Fsp3) is 0.571. The molecule has 0 bridgehead atoms. The zero-order chi connectivity index (χ0) is 20.7. The number of carbonyl (C=O) groups excluding carboxylic acids is 3. The van der Waals surface area contributed by atoms with Gasteiger partial charge in [0, 0.05) is 6.04 Å². The van der Waals surface area contributed by atoms with Crippen molar-refractivity contribution < 1.29 is 23.5 Å². The zero-order valence-electron chi connectivity index (χ0n) is 16.7. The molecule has 0 radical (unpaired) electrons. The highest BCUT2D eigenvalue weighted by Crippen LogP contribution is 2.23. The molecule has 6 nitrogen and oxygen atoms in total. The molecule has 1 fully saturated rings. The van der Waals surface area contributed by atoms with Gasteiger partial charge in [-0.2, -0.15) is 0 Å². The minimum Gasteiger partial charge on any atom is -0.454 e. The Balaban J connectivity index is 1.89. The second kappa shape index (κ2) is 10.2. The second-order valence-electron chi connectivity index (χ2n) is 7.72. The fourth-order valence-corrected chi connectivity index (χ4v) is 3.37. The predicted molar refractivity (Wildman–Crippen MR) is 103 cm³/mol. The number of carbonyl (C=O) groups is 3. The van der Waals surface area contributed by atoms with Gasteiger partial charge in [0.2, 0.25) is 0 Å². The van der Waals surface area contributed by atoms with E-state index in [1.54, 1.807) is 13.8 Å². The summed E-state index contributed by atoms with van der Waals surface area (Å²) < 4.78 is 18.9. The summed E-state index contributed by atoms with van der Waals surface area (Å²) in [6, 6.07) is 4.65. The van der Waals surface area contributed by atoms with Crippen molar-refractivity contribution in [1.29, 1.82) is 0 Å². The van der Waals surface area contributed by atoms with Gasteiger partial charge >= 0.3 is 5.97 Å². The first-order valence-corrected chi connectivity index (χ1v) is 9.81. The van der Waals surface area contributed by atoms with Gasteiger partial charge in [0.05, 0.1) is 5.56 Å². The fourth-order valence-electron chi connectivity index (χ4n) is 3.37. The molecule has 28 heavy (non-hydrogen) atoms. The van der Waals surface area contributed by atoms with E-state index >= 15 is 0 Å². The van der Waals surface area contributed by atoms with Crippen LogP contribution in [0.1, 0.15) is 56.8 Å². The van der Waals surface area contributed by atoms with Gasteiger partial charge in [-0.25, -0.2) is 9.18 Å². The Morgan fingerprint density at radius 3 is 2.50 bits per heavy atom. The maximum Gasteiger partial charge on any atom is 0.329 e. The van der Waals surface area contributed by atoms with E-state index in [1.165, 1.54) is 30.7 Å². The quantitative estimate of drug-likeness (QED) is 0.699. The van der Waals surface area contributed by atoms with Crippen molar-refractivity contribution in [2.45, 2.75) is 58.5 Å². The largest absolute Gasteiger partial charge is 0.454 e. The molecule has 0 aromatic heterocycles. The molecule has 0 spiro atoms. The third-order valence-electron chi connectivity index (χ3n) is 5.13. The van der Waals surface area contributed by atoms with Crippen LogP contribution in [-0.4, -0.2) is 36.5 Å². The van der Waals surface area contributed by atoms with Crippen LogP contribution in [0.2, 0.25) is 0 Å². The van der Waals surface area contributed by atoms with Crippen molar-refractivity contribution in [3.63, 3.8) is 0 Å². The summed E-state index contributed by atoms with van der Waals surface area (Å²) in [5, 5.41) is 5.41.